The zero-order chi connectivity index (χ0) is 24.1. The molecule has 5 N–H and O–H groups in total. The Labute approximate surface area is 197 Å². The maximum Gasteiger partial charge on any atom is 0.210 e. The first-order valence-electron chi connectivity index (χ1n) is 11.0. The van der Waals surface area contributed by atoms with Crippen molar-refractivity contribution in [2.75, 3.05) is 0 Å². The summed E-state index contributed by atoms with van der Waals surface area (Å²) >= 11 is 0. The van der Waals surface area contributed by atoms with E-state index in [1.165, 1.54) is 18.2 Å². The van der Waals surface area contributed by atoms with Gasteiger partial charge in [0.25, 0.3) is 0 Å². The van der Waals surface area contributed by atoms with Crippen LogP contribution in [0.2, 0.25) is 0 Å². The largest absolute Gasteiger partial charge is 0.508 e. The van der Waals surface area contributed by atoms with Crippen LogP contribution < -0.4 is 4.74 Å². The quantitative estimate of drug-likeness (QED) is 0.236. The maximum atomic E-state index is 10.5. The summed E-state index contributed by atoms with van der Waals surface area (Å²) in [5.74, 6) is 0.206. The highest BCUT2D eigenvalue weighted by molar-refractivity contribution is 5.55. The van der Waals surface area contributed by atoms with E-state index < -0.39 is 0 Å². The van der Waals surface area contributed by atoms with Gasteiger partial charge in [0.1, 0.15) is 23.0 Å². The first kappa shape index (κ1) is 22.9. The third-order valence-corrected chi connectivity index (χ3v) is 5.53. The number of phenolic OH excluding ortho intramolecular Hbond substituents is 5. The van der Waals surface area contributed by atoms with E-state index in [0.29, 0.717) is 31.4 Å². The molecule has 34 heavy (non-hydrogen) atoms. The van der Waals surface area contributed by atoms with Crippen molar-refractivity contribution in [3.05, 3.63) is 101 Å². The Morgan fingerprint density at radius 1 is 0.471 bits per heavy atom. The molecule has 0 aliphatic carbocycles. The summed E-state index contributed by atoms with van der Waals surface area (Å²) in [7, 11) is 0. The van der Waals surface area contributed by atoms with Crippen LogP contribution in [0.15, 0.2) is 78.9 Å². The van der Waals surface area contributed by atoms with Crippen LogP contribution in [0.1, 0.15) is 22.3 Å². The van der Waals surface area contributed by atoms with Gasteiger partial charge in [-0.2, -0.15) is 0 Å². The summed E-state index contributed by atoms with van der Waals surface area (Å²) in [6.45, 7) is 0. The molecule has 0 bridgehead atoms. The minimum Gasteiger partial charge on any atom is -0.508 e. The predicted octanol–water partition coefficient (Wildman–Crippen LogP) is 5.58. The summed E-state index contributed by atoms with van der Waals surface area (Å²) in [6, 6.07) is 21.8. The molecule has 0 unspecified atom stereocenters. The van der Waals surface area contributed by atoms with E-state index in [-0.39, 0.29) is 34.5 Å². The molecule has 0 aliphatic heterocycles. The highest BCUT2D eigenvalue weighted by atomic mass is 16.5. The summed E-state index contributed by atoms with van der Waals surface area (Å²) in [6.07, 6.45) is 2.51. The van der Waals surface area contributed by atoms with Crippen LogP contribution in [-0.2, 0) is 25.7 Å². The second-order valence-corrected chi connectivity index (χ2v) is 8.24. The normalized spacial score (nSPS) is 10.8. The summed E-state index contributed by atoms with van der Waals surface area (Å²) in [5.41, 5.74) is 3.53. The first-order valence-corrected chi connectivity index (χ1v) is 11.0. The van der Waals surface area contributed by atoms with Gasteiger partial charge in [-0.05, 0) is 96.5 Å². The topological polar surface area (TPSA) is 110 Å². The molecular formula is C28H26O6. The van der Waals surface area contributed by atoms with E-state index in [9.17, 15) is 25.5 Å². The Balaban J connectivity index is 1.45. The molecule has 4 aromatic rings. The van der Waals surface area contributed by atoms with Crippen LogP contribution in [0.4, 0.5) is 0 Å². The summed E-state index contributed by atoms with van der Waals surface area (Å²) in [5, 5.41) is 50.1. The van der Waals surface area contributed by atoms with Crippen LogP contribution >= 0.6 is 0 Å². The standard InChI is InChI=1S/C28H26O6/c29-22-10-8-18(9-11-22)4-6-20-13-24(31)17-25(14-20)34-28-26(32)15-21(16-27(28)33)7-5-19-2-1-3-23(30)12-19/h1-3,8-17,29-33H,4-7H2. The maximum absolute atomic E-state index is 10.5. The van der Waals surface area contributed by atoms with Gasteiger partial charge in [-0.1, -0.05) is 24.3 Å². The fourth-order valence-electron chi connectivity index (χ4n) is 3.82. The fourth-order valence-corrected chi connectivity index (χ4v) is 3.82. The molecule has 6 heteroatoms. The molecule has 6 nitrogen and oxygen atoms in total. The number of phenols is 5. The molecule has 0 atom stereocenters. The van der Waals surface area contributed by atoms with Crippen molar-refractivity contribution in [2.45, 2.75) is 25.7 Å². The summed E-state index contributed by atoms with van der Waals surface area (Å²) < 4.78 is 5.74. The molecule has 0 radical (unpaired) electrons. The minimum absolute atomic E-state index is 0.0138. The second kappa shape index (κ2) is 10.1. The number of benzene rings is 4. The number of rotatable bonds is 8. The average Bonchev–Trinajstić information content (AvgIpc) is 2.79. The van der Waals surface area contributed by atoms with Gasteiger partial charge < -0.3 is 30.3 Å². The van der Waals surface area contributed by atoms with Crippen LogP contribution in [0.25, 0.3) is 0 Å². The lowest BCUT2D eigenvalue weighted by molar-refractivity contribution is 0.373. The van der Waals surface area contributed by atoms with E-state index in [1.807, 2.05) is 18.2 Å². The molecule has 4 rings (SSSR count). The van der Waals surface area contributed by atoms with Crippen molar-refractivity contribution in [2.24, 2.45) is 0 Å². The van der Waals surface area contributed by atoms with Gasteiger partial charge in [-0.25, -0.2) is 0 Å². The molecule has 0 spiro atoms. The van der Waals surface area contributed by atoms with Crippen LogP contribution in [0.5, 0.6) is 40.2 Å². The Morgan fingerprint density at radius 3 is 1.74 bits per heavy atom. The van der Waals surface area contributed by atoms with Crippen LogP contribution in [0.3, 0.4) is 0 Å². The van der Waals surface area contributed by atoms with Gasteiger partial charge in [0.2, 0.25) is 5.75 Å². The molecule has 0 amide bonds. The average molecular weight is 459 g/mol. The number of hydrogen-bond acceptors (Lipinski definition) is 6. The van der Waals surface area contributed by atoms with E-state index in [4.69, 9.17) is 4.74 Å². The third kappa shape index (κ3) is 5.92. The fraction of sp³-hybridized carbons (Fsp3) is 0.143. The molecule has 0 heterocycles. The lowest BCUT2D eigenvalue weighted by Gasteiger charge is -2.13. The highest BCUT2D eigenvalue weighted by Gasteiger charge is 2.14. The second-order valence-electron chi connectivity index (χ2n) is 8.24. The van der Waals surface area contributed by atoms with Gasteiger partial charge in [0, 0.05) is 6.07 Å². The van der Waals surface area contributed by atoms with E-state index in [2.05, 4.69) is 0 Å². The molecular weight excluding hydrogens is 432 g/mol. The van der Waals surface area contributed by atoms with Gasteiger partial charge in [0.15, 0.2) is 11.5 Å². The number of hydrogen-bond donors (Lipinski definition) is 5. The minimum atomic E-state index is -0.208. The lowest BCUT2D eigenvalue weighted by atomic mass is 10.0. The zero-order valence-electron chi connectivity index (χ0n) is 18.5. The molecule has 0 aromatic heterocycles. The Morgan fingerprint density at radius 2 is 1.06 bits per heavy atom. The smallest absolute Gasteiger partial charge is 0.210 e. The monoisotopic (exact) mass is 458 g/mol. The summed E-state index contributed by atoms with van der Waals surface area (Å²) in [4.78, 5) is 0. The molecule has 174 valence electrons. The Hall–Kier alpha value is -4.32. The van der Waals surface area contributed by atoms with Crippen molar-refractivity contribution in [3.8, 4) is 40.2 Å². The Kier molecular flexibility index (Phi) is 6.78. The molecule has 0 aliphatic rings. The SMILES string of the molecule is Oc1ccc(CCc2cc(O)cc(Oc3c(O)cc(CCc4cccc(O)c4)cc3O)c2)cc1. The molecule has 0 saturated carbocycles. The highest BCUT2D eigenvalue weighted by Crippen LogP contribution is 2.41. The van der Waals surface area contributed by atoms with Gasteiger partial charge in [0.05, 0.1) is 0 Å². The molecule has 4 aromatic carbocycles. The van der Waals surface area contributed by atoms with E-state index in [0.717, 1.165) is 22.3 Å². The van der Waals surface area contributed by atoms with Gasteiger partial charge >= 0.3 is 0 Å². The van der Waals surface area contributed by atoms with Crippen LogP contribution in [0, 0.1) is 0 Å². The van der Waals surface area contributed by atoms with Crippen LogP contribution in [-0.4, -0.2) is 25.5 Å². The third-order valence-electron chi connectivity index (χ3n) is 5.53. The number of ether oxygens (including phenoxy) is 1. The Bertz CT molecular complexity index is 1260. The van der Waals surface area contributed by atoms with Crippen molar-refractivity contribution in [1.29, 1.82) is 0 Å². The number of aryl methyl sites for hydroxylation is 4. The lowest BCUT2D eigenvalue weighted by Crippen LogP contribution is -1.95. The van der Waals surface area contributed by atoms with Crippen molar-refractivity contribution in [1.82, 2.24) is 0 Å². The number of aromatic hydroxyl groups is 5. The van der Waals surface area contributed by atoms with Crippen molar-refractivity contribution < 1.29 is 30.3 Å². The van der Waals surface area contributed by atoms with Gasteiger partial charge in [-0.15, -0.1) is 0 Å². The van der Waals surface area contributed by atoms with Crippen molar-refractivity contribution in [3.63, 3.8) is 0 Å². The van der Waals surface area contributed by atoms with Crippen molar-refractivity contribution >= 4 is 0 Å². The predicted molar refractivity (Wildman–Crippen MR) is 129 cm³/mol. The zero-order valence-corrected chi connectivity index (χ0v) is 18.5. The molecule has 0 saturated heterocycles. The first-order chi connectivity index (χ1) is 16.4. The van der Waals surface area contributed by atoms with Gasteiger partial charge in [-0.3, -0.25) is 0 Å². The van der Waals surface area contributed by atoms with E-state index >= 15 is 0 Å². The molecule has 0 fully saturated rings. The van der Waals surface area contributed by atoms with E-state index in [1.54, 1.807) is 42.5 Å².